The number of hydrogen-bond acceptors (Lipinski definition) is 2. The normalized spacial score (nSPS) is 11.0. The van der Waals surface area contributed by atoms with Gasteiger partial charge in [-0.15, -0.1) is 0 Å². The van der Waals surface area contributed by atoms with Gasteiger partial charge in [-0.2, -0.15) is 0 Å². The number of aromatic amines is 1. The summed E-state index contributed by atoms with van der Waals surface area (Å²) in [7, 11) is 0. The molecule has 0 aliphatic carbocycles. The van der Waals surface area contributed by atoms with Gasteiger partial charge in [0.15, 0.2) is 0 Å². The second-order valence-electron chi connectivity index (χ2n) is 6.32. The number of rotatable bonds is 5. The number of nitrogens with one attached hydrogen (secondary N) is 2. The predicted molar refractivity (Wildman–Crippen MR) is 96.9 cm³/mol. The van der Waals surface area contributed by atoms with Gasteiger partial charge < -0.3 is 10.3 Å². The molecule has 124 valence electrons. The Labute approximate surface area is 142 Å². The van der Waals surface area contributed by atoms with E-state index in [0.29, 0.717) is 19.4 Å². The van der Waals surface area contributed by atoms with Gasteiger partial charge in [0, 0.05) is 35.9 Å². The molecule has 4 nitrogen and oxygen atoms in total. The molecular weight excluding hydrogens is 298 g/mol. The van der Waals surface area contributed by atoms with E-state index in [-0.39, 0.29) is 5.91 Å². The van der Waals surface area contributed by atoms with Crippen LogP contribution in [0, 0.1) is 20.8 Å². The van der Waals surface area contributed by atoms with Crippen molar-refractivity contribution in [2.45, 2.75) is 40.2 Å². The van der Waals surface area contributed by atoms with Crippen LogP contribution in [-0.2, 0) is 17.8 Å². The fourth-order valence-corrected chi connectivity index (χ4v) is 3.00. The molecule has 4 heteroatoms. The summed E-state index contributed by atoms with van der Waals surface area (Å²) >= 11 is 0. The summed E-state index contributed by atoms with van der Waals surface area (Å²) in [6, 6.07) is 10.1. The van der Waals surface area contributed by atoms with Crippen LogP contribution >= 0.6 is 0 Å². The van der Waals surface area contributed by atoms with E-state index in [9.17, 15) is 4.79 Å². The Morgan fingerprint density at radius 3 is 2.79 bits per heavy atom. The Hall–Kier alpha value is -2.62. The number of carbonyl (C=O) groups excluding carboxylic acids is 1. The van der Waals surface area contributed by atoms with E-state index in [4.69, 9.17) is 0 Å². The van der Waals surface area contributed by atoms with Crippen LogP contribution in [-0.4, -0.2) is 15.9 Å². The number of amides is 1. The van der Waals surface area contributed by atoms with E-state index in [1.54, 1.807) is 6.20 Å². The van der Waals surface area contributed by atoms with E-state index in [2.05, 4.69) is 48.2 Å². The molecule has 0 aliphatic heterocycles. The van der Waals surface area contributed by atoms with Gasteiger partial charge in [0.1, 0.15) is 0 Å². The Morgan fingerprint density at radius 1 is 1.21 bits per heavy atom. The molecule has 1 amide bonds. The molecule has 3 aromatic rings. The first-order valence-electron chi connectivity index (χ1n) is 8.29. The number of nitrogens with zero attached hydrogens (tertiary/aromatic N) is 1. The zero-order valence-corrected chi connectivity index (χ0v) is 14.4. The van der Waals surface area contributed by atoms with Gasteiger partial charge in [-0.05, 0) is 56.5 Å². The van der Waals surface area contributed by atoms with Crippen LogP contribution in [0.1, 0.15) is 34.5 Å². The maximum Gasteiger partial charge on any atom is 0.220 e. The fraction of sp³-hybridized carbons (Fsp3) is 0.300. The third kappa shape index (κ3) is 3.48. The monoisotopic (exact) mass is 321 g/mol. The van der Waals surface area contributed by atoms with E-state index in [0.717, 1.165) is 16.8 Å². The van der Waals surface area contributed by atoms with Crippen LogP contribution in [0.2, 0.25) is 0 Å². The van der Waals surface area contributed by atoms with E-state index in [1.807, 2.05) is 18.2 Å². The highest BCUT2D eigenvalue weighted by Gasteiger charge is 2.10. The summed E-state index contributed by atoms with van der Waals surface area (Å²) in [5.41, 5.74) is 6.87. The van der Waals surface area contributed by atoms with Gasteiger partial charge in [0.2, 0.25) is 5.91 Å². The van der Waals surface area contributed by atoms with Crippen molar-refractivity contribution in [3.05, 3.63) is 64.6 Å². The Morgan fingerprint density at radius 2 is 2.04 bits per heavy atom. The number of fused-ring (bicyclic) bond motifs is 1. The summed E-state index contributed by atoms with van der Waals surface area (Å²) in [5, 5.41) is 4.27. The number of benzene rings is 1. The second-order valence-corrected chi connectivity index (χ2v) is 6.32. The highest BCUT2D eigenvalue weighted by Crippen LogP contribution is 2.26. The number of hydrogen-bond donors (Lipinski definition) is 2. The summed E-state index contributed by atoms with van der Waals surface area (Å²) in [6.45, 7) is 6.84. The van der Waals surface area contributed by atoms with Crippen molar-refractivity contribution in [2.24, 2.45) is 0 Å². The van der Waals surface area contributed by atoms with Crippen molar-refractivity contribution in [1.29, 1.82) is 0 Å². The van der Waals surface area contributed by atoms with Crippen molar-refractivity contribution in [2.75, 3.05) is 0 Å². The SMILES string of the molecule is Cc1cc(CNC(=O)CCc2ccccn2)c2[nH]c(C)c(C)c2c1. The average molecular weight is 321 g/mol. The number of aryl methyl sites for hydroxylation is 4. The van der Waals surface area contributed by atoms with Crippen molar-refractivity contribution in [1.82, 2.24) is 15.3 Å². The third-order valence-corrected chi connectivity index (χ3v) is 4.45. The predicted octanol–water partition coefficient (Wildman–Crippen LogP) is 3.74. The highest BCUT2D eigenvalue weighted by atomic mass is 16.1. The molecule has 2 aromatic heterocycles. The Balaban J connectivity index is 1.67. The topological polar surface area (TPSA) is 57.8 Å². The van der Waals surface area contributed by atoms with Crippen molar-refractivity contribution in [3.63, 3.8) is 0 Å². The fourth-order valence-electron chi connectivity index (χ4n) is 3.00. The van der Waals surface area contributed by atoms with Crippen LogP contribution in [0.3, 0.4) is 0 Å². The Bertz CT molecular complexity index is 865. The minimum Gasteiger partial charge on any atom is -0.358 e. The minimum absolute atomic E-state index is 0.0512. The summed E-state index contributed by atoms with van der Waals surface area (Å²) in [6.07, 6.45) is 2.87. The lowest BCUT2D eigenvalue weighted by molar-refractivity contribution is -0.121. The highest BCUT2D eigenvalue weighted by molar-refractivity contribution is 5.88. The molecule has 2 N–H and O–H groups in total. The first-order valence-corrected chi connectivity index (χ1v) is 8.29. The van der Waals surface area contributed by atoms with Crippen LogP contribution in [0.25, 0.3) is 10.9 Å². The lowest BCUT2D eigenvalue weighted by Gasteiger charge is -2.08. The molecule has 1 aromatic carbocycles. The van der Waals surface area contributed by atoms with Crippen molar-refractivity contribution >= 4 is 16.8 Å². The van der Waals surface area contributed by atoms with Gasteiger partial charge in [0.05, 0.1) is 5.52 Å². The van der Waals surface area contributed by atoms with Gasteiger partial charge >= 0.3 is 0 Å². The molecule has 24 heavy (non-hydrogen) atoms. The first-order chi connectivity index (χ1) is 11.5. The molecule has 0 atom stereocenters. The van der Waals surface area contributed by atoms with Crippen LogP contribution in [0.15, 0.2) is 36.5 Å². The molecule has 0 saturated carbocycles. The van der Waals surface area contributed by atoms with Crippen molar-refractivity contribution < 1.29 is 4.79 Å². The summed E-state index contributed by atoms with van der Waals surface area (Å²) in [5.74, 6) is 0.0512. The summed E-state index contributed by atoms with van der Waals surface area (Å²) < 4.78 is 0. The van der Waals surface area contributed by atoms with Gasteiger partial charge in [-0.25, -0.2) is 0 Å². The molecule has 0 bridgehead atoms. The molecule has 0 unspecified atom stereocenters. The molecule has 0 aliphatic rings. The molecule has 3 rings (SSSR count). The Kier molecular flexibility index (Phi) is 4.65. The van der Waals surface area contributed by atoms with E-state index in [1.165, 1.54) is 22.2 Å². The zero-order valence-electron chi connectivity index (χ0n) is 14.4. The van der Waals surface area contributed by atoms with Gasteiger partial charge in [-0.3, -0.25) is 9.78 Å². The largest absolute Gasteiger partial charge is 0.358 e. The summed E-state index contributed by atoms with van der Waals surface area (Å²) in [4.78, 5) is 19.8. The van der Waals surface area contributed by atoms with Crippen LogP contribution in [0.5, 0.6) is 0 Å². The molecular formula is C20H23N3O. The number of aromatic nitrogens is 2. The lowest BCUT2D eigenvalue weighted by atomic mass is 10.0. The van der Waals surface area contributed by atoms with Crippen LogP contribution in [0.4, 0.5) is 0 Å². The van der Waals surface area contributed by atoms with Crippen LogP contribution < -0.4 is 5.32 Å². The molecule has 0 saturated heterocycles. The third-order valence-electron chi connectivity index (χ3n) is 4.45. The minimum atomic E-state index is 0.0512. The lowest BCUT2D eigenvalue weighted by Crippen LogP contribution is -2.23. The van der Waals surface area contributed by atoms with Crippen molar-refractivity contribution in [3.8, 4) is 0 Å². The average Bonchev–Trinajstić information content (AvgIpc) is 2.87. The number of pyridine rings is 1. The molecule has 2 heterocycles. The number of H-pyrrole nitrogens is 1. The van der Waals surface area contributed by atoms with Gasteiger partial charge in [0.25, 0.3) is 0 Å². The van der Waals surface area contributed by atoms with Gasteiger partial charge in [-0.1, -0.05) is 17.7 Å². The molecule has 0 fully saturated rings. The van der Waals surface area contributed by atoms with E-state index >= 15 is 0 Å². The number of carbonyl (C=O) groups is 1. The molecule has 0 radical (unpaired) electrons. The smallest absolute Gasteiger partial charge is 0.220 e. The first kappa shape index (κ1) is 16.2. The standard InChI is InChI=1S/C20H23N3O/c1-13-10-16(20-18(11-13)14(2)15(3)23-20)12-22-19(24)8-7-17-6-4-5-9-21-17/h4-6,9-11,23H,7-8,12H2,1-3H3,(H,22,24). The second kappa shape index (κ2) is 6.87. The zero-order chi connectivity index (χ0) is 17.1. The quantitative estimate of drug-likeness (QED) is 0.752. The van der Waals surface area contributed by atoms with E-state index < -0.39 is 0 Å². The maximum atomic E-state index is 12.1. The molecule has 0 spiro atoms. The maximum absolute atomic E-state index is 12.1.